The Bertz CT molecular complexity index is 561. The van der Waals surface area contributed by atoms with Gasteiger partial charge in [-0.2, -0.15) is 0 Å². The third kappa shape index (κ3) is 4.43. The van der Waals surface area contributed by atoms with Crippen LogP contribution in [0.4, 0.5) is 0 Å². The van der Waals surface area contributed by atoms with Crippen molar-refractivity contribution in [1.82, 2.24) is 0 Å². The molecule has 110 valence electrons. The molecule has 2 aromatic carbocycles. The van der Waals surface area contributed by atoms with E-state index in [9.17, 15) is 4.79 Å². The van der Waals surface area contributed by atoms with E-state index in [1.165, 1.54) is 5.56 Å². The third-order valence-corrected chi connectivity index (χ3v) is 3.35. The van der Waals surface area contributed by atoms with Crippen LogP contribution in [-0.2, 0) is 11.2 Å². The molecular formula is C18H20O3. The predicted octanol–water partition coefficient (Wildman–Crippen LogP) is 3.53. The van der Waals surface area contributed by atoms with Crippen LogP contribution in [0, 0.1) is 0 Å². The van der Waals surface area contributed by atoms with Crippen molar-refractivity contribution in [2.45, 2.75) is 19.4 Å². The number of hydrogen-bond acceptors (Lipinski definition) is 3. The highest BCUT2D eigenvalue weighted by molar-refractivity contribution is 5.99. The van der Waals surface area contributed by atoms with Crippen molar-refractivity contribution in [1.29, 1.82) is 0 Å². The summed E-state index contributed by atoms with van der Waals surface area (Å²) in [6.45, 7) is 2.32. The van der Waals surface area contributed by atoms with E-state index in [2.05, 4.69) is 12.1 Å². The van der Waals surface area contributed by atoms with Gasteiger partial charge in [-0.05, 0) is 43.2 Å². The average molecular weight is 284 g/mol. The quantitative estimate of drug-likeness (QED) is 0.730. The molecule has 1 atom stereocenters. The van der Waals surface area contributed by atoms with Crippen molar-refractivity contribution in [3.8, 4) is 5.75 Å². The number of hydrogen-bond donors (Lipinski definition) is 0. The van der Waals surface area contributed by atoms with Gasteiger partial charge in [0.25, 0.3) is 0 Å². The van der Waals surface area contributed by atoms with Gasteiger partial charge in [0.1, 0.15) is 11.9 Å². The van der Waals surface area contributed by atoms with Gasteiger partial charge in [0.15, 0.2) is 5.78 Å². The molecule has 0 aromatic heterocycles. The Balaban J connectivity index is 1.84. The minimum atomic E-state index is -0.442. The fourth-order valence-corrected chi connectivity index (χ4v) is 2.06. The summed E-state index contributed by atoms with van der Waals surface area (Å²) in [4.78, 5) is 12.2. The molecular weight excluding hydrogens is 264 g/mol. The monoisotopic (exact) mass is 284 g/mol. The molecule has 0 radical (unpaired) electrons. The van der Waals surface area contributed by atoms with E-state index in [4.69, 9.17) is 9.47 Å². The molecule has 0 aliphatic carbocycles. The molecule has 1 unspecified atom stereocenters. The zero-order valence-electron chi connectivity index (χ0n) is 12.4. The number of ether oxygens (including phenoxy) is 2. The number of carbonyl (C=O) groups is 1. The molecule has 2 rings (SSSR count). The summed E-state index contributed by atoms with van der Waals surface area (Å²) in [6.07, 6.45) is 0.364. The van der Waals surface area contributed by atoms with E-state index < -0.39 is 6.10 Å². The first-order valence-electron chi connectivity index (χ1n) is 7.04. The summed E-state index contributed by atoms with van der Waals surface area (Å²) in [5, 5.41) is 0. The van der Waals surface area contributed by atoms with Crippen molar-refractivity contribution in [2.24, 2.45) is 0 Å². The number of methoxy groups -OCH3 is 1. The van der Waals surface area contributed by atoms with Gasteiger partial charge < -0.3 is 9.47 Å². The predicted molar refractivity (Wildman–Crippen MR) is 82.9 cm³/mol. The highest BCUT2D eigenvalue weighted by atomic mass is 16.5. The van der Waals surface area contributed by atoms with Crippen LogP contribution in [0.15, 0.2) is 54.6 Å². The van der Waals surface area contributed by atoms with Gasteiger partial charge >= 0.3 is 0 Å². The molecule has 0 N–H and O–H groups in total. The number of ketones is 1. The van der Waals surface area contributed by atoms with Crippen molar-refractivity contribution >= 4 is 5.78 Å². The van der Waals surface area contributed by atoms with E-state index in [1.54, 1.807) is 38.3 Å². The maximum atomic E-state index is 12.2. The second kappa shape index (κ2) is 7.60. The molecule has 0 heterocycles. The topological polar surface area (TPSA) is 35.5 Å². The zero-order valence-corrected chi connectivity index (χ0v) is 12.4. The second-order valence-electron chi connectivity index (χ2n) is 4.84. The molecule has 0 spiro atoms. The molecule has 0 aliphatic rings. The molecule has 3 nitrogen and oxygen atoms in total. The van der Waals surface area contributed by atoms with Crippen molar-refractivity contribution in [2.75, 3.05) is 13.7 Å². The lowest BCUT2D eigenvalue weighted by atomic mass is 10.1. The van der Waals surface area contributed by atoms with Crippen molar-refractivity contribution < 1.29 is 14.3 Å². The summed E-state index contributed by atoms with van der Waals surface area (Å²) < 4.78 is 10.7. The van der Waals surface area contributed by atoms with Crippen LogP contribution in [0.2, 0.25) is 0 Å². The smallest absolute Gasteiger partial charge is 0.191 e. The van der Waals surface area contributed by atoms with Gasteiger partial charge in [-0.15, -0.1) is 0 Å². The van der Waals surface area contributed by atoms with Gasteiger partial charge in [0.05, 0.1) is 13.7 Å². The number of carbonyl (C=O) groups excluding carboxylic acids is 1. The SMILES string of the molecule is COc1ccc(C(=O)C(C)OCCc2ccccc2)cc1. The Morgan fingerprint density at radius 2 is 1.71 bits per heavy atom. The number of Topliss-reactive ketones (excluding diaryl/α,β-unsaturated/α-hetero) is 1. The first kappa shape index (κ1) is 15.3. The van der Waals surface area contributed by atoms with E-state index in [1.807, 2.05) is 18.2 Å². The van der Waals surface area contributed by atoms with Crippen LogP contribution in [0.3, 0.4) is 0 Å². The highest BCUT2D eigenvalue weighted by Gasteiger charge is 2.15. The molecule has 0 amide bonds. The molecule has 2 aromatic rings. The maximum absolute atomic E-state index is 12.2. The summed E-state index contributed by atoms with van der Waals surface area (Å²) in [6, 6.07) is 17.2. The minimum Gasteiger partial charge on any atom is -0.497 e. The van der Waals surface area contributed by atoms with E-state index in [0.717, 1.165) is 12.2 Å². The fourth-order valence-electron chi connectivity index (χ4n) is 2.06. The summed E-state index contributed by atoms with van der Waals surface area (Å²) in [5.74, 6) is 0.731. The largest absolute Gasteiger partial charge is 0.497 e. The van der Waals surface area contributed by atoms with Crippen LogP contribution in [0.25, 0.3) is 0 Å². The molecule has 0 saturated carbocycles. The second-order valence-corrected chi connectivity index (χ2v) is 4.84. The van der Waals surface area contributed by atoms with E-state index in [0.29, 0.717) is 12.2 Å². The lowest BCUT2D eigenvalue weighted by molar-refractivity contribution is 0.0487. The Hall–Kier alpha value is -2.13. The van der Waals surface area contributed by atoms with Crippen LogP contribution in [0.5, 0.6) is 5.75 Å². The van der Waals surface area contributed by atoms with Crippen molar-refractivity contribution in [3.63, 3.8) is 0 Å². The Morgan fingerprint density at radius 1 is 1.05 bits per heavy atom. The van der Waals surface area contributed by atoms with Crippen LogP contribution < -0.4 is 4.74 Å². The van der Waals surface area contributed by atoms with Crippen LogP contribution in [-0.4, -0.2) is 25.6 Å². The lowest BCUT2D eigenvalue weighted by Crippen LogP contribution is -2.22. The molecule has 3 heteroatoms. The summed E-state index contributed by atoms with van der Waals surface area (Å²) in [7, 11) is 1.60. The van der Waals surface area contributed by atoms with Gasteiger partial charge in [-0.25, -0.2) is 0 Å². The third-order valence-electron chi connectivity index (χ3n) is 3.35. The minimum absolute atomic E-state index is 0.00860. The fraction of sp³-hybridized carbons (Fsp3) is 0.278. The van der Waals surface area contributed by atoms with E-state index >= 15 is 0 Å². The normalized spacial score (nSPS) is 11.9. The lowest BCUT2D eigenvalue weighted by Gasteiger charge is -2.12. The maximum Gasteiger partial charge on any atom is 0.191 e. The van der Waals surface area contributed by atoms with Crippen molar-refractivity contribution in [3.05, 3.63) is 65.7 Å². The average Bonchev–Trinajstić information content (AvgIpc) is 2.55. The number of rotatable bonds is 7. The molecule has 0 saturated heterocycles. The first-order chi connectivity index (χ1) is 10.2. The van der Waals surface area contributed by atoms with Gasteiger partial charge in [-0.3, -0.25) is 4.79 Å². The summed E-state index contributed by atoms with van der Waals surface area (Å²) in [5.41, 5.74) is 1.85. The standard InChI is InChI=1S/C18H20O3/c1-14(21-13-12-15-6-4-3-5-7-15)18(19)16-8-10-17(20-2)11-9-16/h3-11,14H,12-13H2,1-2H3. The van der Waals surface area contributed by atoms with Gasteiger partial charge in [-0.1, -0.05) is 30.3 Å². The molecule has 0 bridgehead atoms. The Morgan fingerprint density at radius 3 is 2.33 bits per heavy atom. The summed E-state index contributed by atoms with van der Waals surface area (Å²) >= 11 is 0. The first-order valence-corrected chi connectivity index (χ1v) is 7.04. The van der Waals surface area contributed by atoms with Crippen LogP contribution >= 0.6 is 0 Å². The molecule has 0 aliphatic heterocycles. The highest BCUT2D eigenvalue weighted by Crippen LogP contribution is 2.14. The van der Waals surface area contributed by atoms with Gasteiger partial charge in [0, 0.05) is 5.56 Å². The molecule has 21 heavy (non-hydrogen) atoms. The Kier molecular flexibility index (Phi) is 5.52. The Labute approximate surface area is 125 Å². The molecule has 0 fully saturated rings. The number of benzene rings is 2. The van der Waals surface area contributed by atoms with Crippen LogP contribution in [0.1, 0.15) is 22.8 Å². The zero-order chi connectivity index (χ0) is 15.1. The van der Waals surface area contributed by atoms with E-state index in [-0.39, 0.29) is 5.78 Å². The van der Waals surface area contributed by atoms with Gasteiger partial charge in [0.2, 0.25) is 0 Å².